The van der Waals surface area contributed by atoms with Crippen molar-refractivity contribution in [3.8, 4) is 45.3 Å². The average molecular weight is 782 g/mol. The van der Waals surface area contributed by atoms with Crippen molar-refractivity contribution in [3.63, 3.8) is 0 Å². The molecule has 1 fully saturated rings. The van der Waals surface area contributed by atoms with Crippen LogP contribution in [0, 0.1) is 0 Å². The minimum atomic E-state index is -0.650. The number of hydrogen-bond acceptors (Lipinski definition) is 11. The van der Waals surface area contributed by atoms with Gasteiger partial charge in [-0.3, -0.25) is 24.7 Å². The number of amides is 3. The van der Waals surface area contributed by atoms with E-state index in [0.717, 1.165) is 33.6 Å². The third-order valence-electron chi connectivity index (χ3n) is 9.26. The number of aromatic hydroxyl groups is 1. The first-order chi connectivity index (χ1) is 27.3. The molecule has 5 aromatic rings. The topological polar surface area (TPSA) is 164 Å². The average Bonchev–Trinajstić information content (AvgIpc) is 3.80. The molecule has 3 amide bonds. The minimum Gasteiger partial charge on any atom is -0.506 e. The number of phenols is 1. The molecule has 1 atom stereocenters. The predicted octanol–water partition coefficient (Wildman–Crippen LogP) is 5.23. The molecule has 290 valence electrons. The maximum Gasteiger partial charge on any atom is 0.255 e. The first-order valence-electron chi connectivity index (χ1n) is 18.2. The molecular formula is C41H40ClN5O9. The zero-order valence-corrected chi connectivity index (χ0v) is 31.2. The summed E-state index contributed by atoms with van der Waals surface area (Å²) in [4.78, 5) is 42.2. The number of fused-ring (bicyclic) bond motifs is 1. The van der Waals surface area contributed by atoms with Gasteiger partial charge in [-0.2, -0.15) is 5.10 Å². The molecule has 0 saturated carbocycles. The predicted molar refractivity (Wildman–Crippen MR) is 205 cm³/mol. The molecule has 2 aliphatic rings. The number of rotatable bonds is 18. The van der Waals surface area contributed by atoms with Gasteiger partial charge in [0, 0.05) is 48.2 Å². The van der Waals surface area contributed by atoms with Crippen molar-refractivity contribution in [3.05, 3.63) is 108 Å². The van der Waals surface area contributed by atoms with E-state index in [9.17, 15) is 19.5 Å². The first-order valence-corrected chi connectivity index (χ1v) is 18.6. The zero-order chi connectivity index (χ0) is 38.9. The van der Waals surface area contributed by atoms with E-state index in [4.69, 9.17) is 40.4 Å². The van der Waals surface area contributed by atoms with Crippen LogP contribution in [-0.2, 0) is 30.3 Å². The lowest BCUT2D eigenvalue weighted by molar-refractivity contribution is -0.136. The Hall–Kier alpha value is -5.80. The highest BCUT2D eigenvalue weighted by atomic mass is 35.5. The van der Waals surface area contributed by atoms with E-state index in [1.807, 2.05) is 48.7 Å². The maximum atomic E-state index is 12.9. The Kier molecular flexibility index (Phi) is 12.5. The summed E-state index contributed by atoms with van der Waals surface area (Å²) in [5, 5.41) is 17.7. The van der Waals surface area contributed by atoms with Crippen LogP contribution in [0.1, 0.15) is 28.8 Å². The van der Waals surface area contributed by atoms with Gasteiger partial charge in [0.2, 0.25) is 11.8 Å². The number of hydrogen-bond donors (Lipinski definition) is 2. The Bertz CT molecular complexity index is 2160. The number of carbonyl (C=O) groups excluding carboxylic acids is 3. The lowest BCUT2D eigenvalue weighted by Gasteiger charge is -2.29. The van der Waals surface area contributed by atoms with E-state index in [-0.39, 0.29) is 29.0 Å². The van der Waals surface area contributed by atoms with E-state index in [0.29, 0.717) is 82.9 Å². The molecule has 2 aliphatic heterocycles. The van der Waals surface area contributed by atoms with Crippen LogP contribution in [0.2, 0.25) is 5.02 Å². The summed E-state index contributed by atoms with van der Waals surface area (Å²) in [5.41, 5.74) is 5.40. The Morgan fingerprint density at radius 1 is 0.750 bits per heavy atom. The van der Waals surface area contributed by atoms with Gasteiger partial charge in [0.1, 0.15) is 42.2 Å². The lowest BCUT2D eigenvalue weighted by Crippen LogP contribution is -2.52. The third kappa shape index (κ3) is 9.34. The van der Waals surface area contributed by atoms with Crippen molar-refractivity contribution < 1.29 is 43.2 Å². The molecule has 0 radical (unpaired) electrons. The summed E-state index contributed by atoms with van der Waals surface area (Å²) >= 11 is 6.06. The second-order valence-electron chi connectivity index (χ2n) is 13.0. The van der Waals surface area contributed by atoms with Crippen LogP contribution in [0.4, 0.5) is 0 Å². The normalized spacial score (nSPS) is 15.2. The number of nitrogens with zero attached hydrogens (tertiary/aromatic N) is 4. The summed E-state index contributed by atoms with van der Waals surface area (Å²) in [6, 6.07) is 21.1. The van der Waals surface area contributed by atoms with E-state index in [1.165, 1.54) is 4.90 Å². The number of carbonyl (C=O) groups is 3. The van der Waals surface area contributed by atoms with E-state index in [1.54, 1.807) is 47.4 Å². The van der Waals surface area contributed by atoms with Crippen molar-refractivity contribution in [2.45, 2.75) is 25.4 Å². The van der Waals surface area contributed by atoms with Gasteiger partial charge in [0.15, 0.2) is 0 Å². The number of imide groups is 1. The van der Waals surface area contributed by atoms with Gasteiger partial charge in [-0.1, -0.05) is 17.7 Å². The van der Waals surface area contributed by atoms with Crippen molar-refractivity contribution in [1.29, 1.82) is 0 Å². The molecule has 0 spiro atoms. The van der Waals surface area contributed by atoms with Crippen molar-refractivity contribution >= 4 is 29.3 Å². The highest BCUT2D eigenvalue weighted by Crippen LogP contribution is 2.36. The van der Waals surface area contributed by atoms with Crippen molar-refractivity contribution in [2.75, 3.05) is 52.9 Å². The number of phenolic OH excluding ortho intramolecular Hbond substituents is 1. The summed E-state index contributed by atoms with van der Waals surface area (Å²) in [6.45, 7) is 3.40. The van der Waals surface area contributed by atoms with Crippen LogP contribution in [0.25, 0.3) is 28.1 Å². The summed E-state index contributed by atoms with van der Waals surface area (Å²) < 4.78 is 30.3. The van der Waals surface area contributed by atoms with Crippen LogP contribution >= 0.6 is 11.6 Å². The van der Waals surface area contributed by atoms with Gasteiger partial charge in [-0.15, -0.1) is 0 Å². The number of ether oxygens (including phenoxy) is 5. The van der Waals surface area contributed by atoms with Crippen LogP contribution in [-0.4, -0.2) is 101 Å². The molecule has 7 rings (SSSR count). The van der Waals surface area contributed by atoms with E-state index >= 15 is 0 Å². The molecule has 1 unspecified atom stereocenters. The van der Waals surface area contributed by atoms with Crippen molar-refractivity contribution in [2.24, 2.45) is 0 Å². The lowest BCUT2D eigenvalue weighted by atomic mass is 10.0. The molecule has 1 saturated heterocycles. The smallest absolute Gasteiger partial charge is 0.255 e. The molecule has 0 bridgehead atoms. The number of benzene rings is 3. The van der Waals surface area contributed by atoms with E-state index < -0.39 is 11.9 Å². The molecule has 2 aromatic heterocycles. The quantitative estimate of drug-likeness (QED) is 0.0885. The molecule has 4 heterocycles. The Balaban J connectivity index is 0.756. The largest absolute Gasteiger partial charge is 0.506 e. The van der Waals surface area contributed by atoms with Crippen LogP contribution in [0.5, 0.6) is 17.2 Å². The molecule has 3 aromatic carbocycles. The van der Waals surface area contributed by atoms with Crippen molar-refractivity contribution in [1.82, 2.24) is 25.0 Å². The second-order valence-corrected chi connectivity index (χ2v) is 13.4. The van der Waals surface area contributed by atoms with Gasteiger partial charge >= 0.3 is 0 Å². The standard InChI is InChI=1S/C41H40ClN5O9/c42-35-8-1-28(24-37(35)48)34-26-47(45-39(34)27-11-13-43-14-12-27)30-2-4-31(5-3-30)55-21-19-53-17-15-52-16-18-54-20-22-56-32-6-7-33-29(23-32)25-46(41(33)51)36-9-10-38(49)44-40(36)50/h1-8,11-14,23-24,26,36,48H,9-10,15-22,25H2,(H,44,49,50). The number of halogens is 1. The number of nitrogens with one attached hydrogen (secondary N) is 1. The highest BCUT2D eigenvalue weighted by molar-refractivity contribution is 6.32. The Morgan fingerprint density at radius 2 is 1.41 bits per heavy atom. The fourth-order valence-electron chi connectivity index (χ4n) is 6.44. The Labute approximate surface area is 327 Å². The Morgan fingerprint density at radius 3 is 2.09 bits per heavy atom. The molecule has 0 aliphatic carbocycles. The molecule has 56 heavy (non-hydrogen) atoms. The van der Waals surface area contributed by atoms with Gasteiger partial charge in [-0.25, -0.2) is 4.68 Å². The number of aromatic nitrogens is 3. The summed E-state index contributed by atoms with van der Waals surface area (Å²) in [5.74, 6) is 0.338. The maximum absolute atomic E-state index is 12.9. The van der Waals surface area contributed by atoms with Gasteiger partial charge in [0.05, 0.1) is 50.4 Å². The van der Waals surface area contributed by atoms with Gasteiger partial charge in [0.25, 0.3) is 5.91 Å². The van der Waals surface area contributed by atoms with Crippen LogP contribution in [0.15, 0.2) is 91.4 Å². The molecule has 2 N–H and O–H groups in total. The minimum absolute atomic E-state index is 0.000557. The van der Waals surface area contributed by atoms with Crippen LogP contribution in [0.3, 0.4) is 0 Å². The fourth-order valence-corrected chi connectivity index (χ4v) is 6.55. The summed E-state index contributed by atoms with van der Waals surface area (Å²) in [7, 11) is 0. The van der Waals surface area contributed by atoms with Crippen LogP contribution < -0.4 is 14.8 Å². The molecular weight excluding hydrogens is 742 g/mol. The van der Waals surface area contributed by atoms with Gasteiger partial charge in [-0.05, 0) is 84.3 Å². The third-order valence-corrected chi connectivity index (χ3v) is 9.58. The monoisotopic (exact) mass is 781 g/mol. The number of pyridine rings is 1. The fraction of sp³-hybridized carbons (Fsp3) is 0.293. The molecule has 14 nitrogen and oxygen atoms in total. The number of piperidine rings is 1. The molecule has 15 heteroatoms. The SMILES string of the molecule is O=C1CCC(N2Cc3cc(OCCOCCOCCOCCOc4ccc(-n5cc(-c6ccc(Cl)c(O)c6)c(-c6ccncc6)n5)cc4)ccc3C2=O)C(=O)N1. The first kappa shape index (κ1) is 38.5. The summed E-state index contributed by atoms with van der Waals surface area (Å²) in [6.07, 6.45) is 5.87. The van der Waals surface area contributed by atoms with E-state index in [2.05, 4.69) is 10.3 Å². The second kappa shape index (κ2) is 18.2. The van der Waals surface area contributed by atoms with Gasteiger partial charge < -0.3 is 33.7 Å². The zero-order valence-electron chi connectivity index (χ0n) is 30.4. The highest BCUT2D eigenvalue weighted by Gasteiger charge is 2.39.